The number of carbonyl (C=O) groups excluding carboxylic acids is 3. The maximum Gasteiger partial charge on any atom is 0.325 e. The van der Waals surface area contributed by atoms with Crippen molar-refractivity contribution in [2.75, 3.05) is 39.3 Å². The van der Waals surface area contributed by atoms with Gasteiger partial charge in [-0.1, -0.05) is 13.8 Å². The van der Waals surface area contributed by atoms with Crippen molar-refractivity contribution in [2.45, 2.75) is 26.3 Å². The second-order valence-electron chi connectivity index (χ2n) is 6.56. The number of carbonyl (C=O) groups is 3. The number of likely N-dealkylation sites (tertiary alicyclic amines) is 1. The predicted molar refractivity (Wildman–Crippen MR) is 83.5 cm³/mol. The van der Waals surface area contributed by atoms with Gasteiger partial charge >= 0.3 is 6.03 Å². The summed E-state index contributed by atoms with van der Waals surface area (Å²) in [5.74, 6) is 0.0495. The molecule has 4 amide bonds. The average Bonchev–Trinajstić information content (AvgIpc) is 3.03. The molecule has 3 N–H and O–H groups in total. The molecule has 0 bridgehead atoms. The zero-order valence-electron chi connectivity index (χ0n) is 13.7. The van der Waals surface area contributed by atoms with Crippen molar-refractivity contribution in [3.63, 3.8) is 0 Å². The number of nitrogens with one attached hydrogen (secondary N) is 2. The molecule has 2 fully saturated rings. The lowest BCUT2D eigenvalue weighted by Crippen LogP contribution is -2.47. The van der Waals surface area contributed by atoms with Gasteiger partial charge in [0.2, 0.25) is 5.91 Å². The number of hydrogen-bond donors (Lipinski definition) is 3. The van der Waals surface area contributed by atoms with Crippen LogP contribution in [0.1, 0.15) is 20.3 Å². The molecule has 0 aromatic rings. The number of imide groups is 1. The van der Waals surface area contributed by atoms with Crippen LogP contribution in [-0.2, 0) is 9.59 Å². The summed E-state index contributed by atoms with van der Waals surface area (Å²) in [4.78, 5) is 38.4. The minimum Gasteiger partial charge on any atom is -0.396 e. The van der Waals surface area contributed by atoms with Gasteiger partial charge in [0.1, 0.15) is 6.54 Å². The van der Waals surface area contributed by atoms with E-state index in [-0.39, 0.29) is 37.6 Å². The summed E-state index contributed by atoms with van der Waals surface area (Å²) in [7, 11) is 0. The van der Waals surface area contributed by atoms with Crippen LogP contribution < -0.4 is 10.6 Å². The Morgan fingerprint density at radius 3 is 2.70 bits per heavy atom. The highest BCUT2D eigenvalue weighted by Gasteiger charge is 2.36. The molecule has 2 saturated heterocycles. The molecule has 8 heteroatoms. The summed E-state index contributed by atoms with van der Waals surface area (Å²) < 4.78 is 0. The number of nitrogens with zero attached hydrogens (tertiary/aromatic N) is 2. The molecule has 8 nitrogen and oxygen atoms in total. The number of aliphatic hydroxyl groups is 1. The Kier molecular flexibility index (Phi) is 5.95. The van der Waals surface area contributed by atoms with Gasteiger partial charge in [-0.15, -0.1) is 0 Å². The van der Waals surface area contributed by atoms with Crippen LogP contribution in [0.25, 0.3) is 0 Å². The molecule has 23 heavy (non-hydrogen) atoms. The van der Waals surface area contributed by atoms with E-state index in [2.05, 4.69) is 29.4 Å². The highest BCUT2D eigenvalue weighted by atomic mass is 16.3. The number of hydrogen-bond acceptors (Lipinski definition) is 5. The molecule has 2 aliphatic rings. The van der Waals surface area contributed by atoms with E-state index >= 15 is 0 Å². The summed E-state index contributed by atoms with van der Waals surface area (Å²) in [5, 5.41) is 14.3. The molecule has 130 valence electrons. The lowest BCUT2D eigenvalue weighted by atomic mass is 9.91. The van der Waals surface area contributed by atoms with Gasteiger partial charge in [-0.2, -0.15) is 0 Å². The van der Waals surface area contributed by atoms with Crippen LogP contribution in [0.15, 0.2) is 0 Å². The van der Waals surface area contributed by atoms with Crippen LogP contribution in [0.5, 0.6) is 0 Å². The first-order valence-electron chi connectivity index (χ1n) is 8.13. The Morgan fingerprint density at radius 2 is 2.13 bits per heavy atom. The van der Waals surface area contributed by atoms with Crippen LogP contribution in [-0.4, -0.2) is 78.1 Å². The average molecular weight is 326 g/mol. The first-order chi connectivity index (χ1) is 10.9. The van der Waals surface area contributed by atoms with Gasteiger partial charge in [0.05, 0.1) is 6.54 Å². The van der Waals surface area contributed by atoms with Gasteiger partial charge in [-0.3, -0.25) is 14.5 Å². The van der Waals surface area contributed by atoms with Crippen molar-refractivity contribution in [3.8, 4) is 0 Å². The number of rotatable bonds is 7. The van der Waals surface area contributed by atoms with E-state index in [0.717, 1.165) is 24.5 Å². The molecular formula is C15H26N4O4. The van der Waals surface area contributed by atoms with Crippen molar-refractivity contribution in [3.05, 3.63) is 0 Å². The SMILES string of the molecule is CC(C)[C@H]1CN(CCCO)C[C@@H]1NC(=O)CN1C(=O)CNC1=O. The smallest absolute Gasteiger partial charge is 0.325 e. The molecule has 2 rings (SSSR count). The maximum absolute atomic E-state index is 12.2. The minimum atomic E-state index is -0.512. The number of aliphatic hydroxyl groups excluding tert-OH is 1. The summed E-state index contributed by atoms with van der Waals surface area (Å²) in [6.45, 7) is 6.54. The first kappa shape index (κ1) is 17.7. The Morgan fingerprint density at radius 1 is 1.39 bits per heavy atom. The van der Waals surface area contributed by atoms with E-state index in [4.69, 9.17) is 5.11 Å². The monoisotopic (exact) mass is 326 g/mol. The van der Waals surface area contributed by atoms with E-state index < -0.39 is 6.03 Å². The molecule has 0 aromatic carbocycles. The summed E-state index contributed by atoms with van der Waals surface area (Å²) in [5.41, 5.74) is 0. The molecule has 0 aromatic heterocycles. The second kappa shape index (κ2) is 7.74. The van der Waals surface area contributed by atoms with Gasteiger partial charge in [-0.25, -0.2) is 4.79 Å². The lowest BCUT2D eigenvalue weighted by Gasteiger charge is -2.23. The highest BCUT2D eigenvalue weighted by molar-refractivity contribution is 6.04. The first-order valence-corrected chi connectivity index (χ1v) is 8.13. The van der Waals surface area contributed by atoms with Crippen LogP contribution in [0.4, 0.5) is 4.79 Å². The zero-order chi connectivity index (χ0) is 17.0. The fourth-order valence-corrected chi connectivity index (χ4v) is 3.23. The van der Waals surface area contributed by atoms with Crippen molar-refractivity contribution < 1.29 is 19.5 Å². The highest BCUT2D eigenvalue weighted by Crippen LogP contribution is 2.24. The van der Waals surface area contributed by atoms with Gasteiger partial charge in [-0.05, 0) is 18.3 Å². The Hall–Kier alpha value is -1.67. The van der Waals surface area contributed by atoms with E-state index in [1.165, 1.54) is 0 Å². The van der Waals surface area contributed by atoms with Crippen LogP contribution in [0.2, 0.25) is 0 Å². The molecule has 0 spiro atoms. The van der Waals surface area contributed by atoms with Gasteiger partial charge in [0, 0.05) is 32.3 Å². The van der Waals surface area contributed by atoms with Crippen LogP contribution >= 0.6 is 0 Å². The van der Waals surface area contributed by atoms with E-state index in [1.807, 2.05) is 0 Å². The van der Waals surface area contributed by atoms with Gasteiger partial charge in [0.15, 0.2) is 0 Å². The molecule has 0 aliphatic carbocycles. The Bertz CT molecular complexity index is 452. The lowest BCUT2D eigenvalue weighted by molar-refractivity contribution is -0.131. The maximum atomic E-state index is 12.2. The second-order valence-corrected chi connectivity index (χ2v) is 6.56. The fourth-order valence-electron chi connectivity index (χ4n) is 3.23. The van der Waals surface area contributed by atoms with Crippen LogP contribution in [0.3, 0.4) is 0 Å². The van der Waals surface area contributed by atoms with Crippen LogP contribution in [0, 0.1) is 11.8 Å². The van der Waals surface area contributed by atoms with Crippen molar-refractivity contribution >= 4 is 17.8 Å². The number of urea groups is 1. The Balaban J connectivity index is 1.90. The van der Waals surface area contributed by atoms with Gasteiger partial charge in [0.25, 0.3) is 5.91 Å². The molecular weight excluding hydrogens is 300 g/mol. The quantitative estimate of drug-likeness (QED) is 0.521. The predicted octanol–water partition coefficient (Wildman–Crippen LogP) is -1.01. The van der Waals surface area contributed by atoms with E-state index in [1.54, 1.807) is 0 Å². The minimum absolute atomic E-state index is 0.00181. The molecule has 2 aliphatic heterocycles. The summed E-state index contributed by atoms with van der Waals surface area (Å²) in [6, 6.07) is -0.511. The van der Waals surface area contributed by atoms with Crippen molar-refractivity contribution in [1.29, 1.82) is 0 Å². The van der Waals surface area contributed by atoms with Crippen molar-refractivity contribution in [1.82, 2.24) is 20.4 Å². The molecule has 0 unspecified atom stereocenters. The largest absolute Gasteiger partial charge is 0.396 e. The summed E-state index contributed by atoms with van der Waals surface area (Å²) >= 11 is 0. The molecule has 2 atom stereocenters. The molecule has 2 heterocycles. The third kappa shape index (κ3) is 4.42. The third-order valence-corrected chi connectivity index (χ3v) is 4.51. The van der Waals surface area contributed by atoms with E-state index in [0.29, 0.717) is 18.3 Å². The fraction of sp³-hybridized carbons (Fsp3) is 0.800. The van der Waals surface area contributed by atoms with E-state index in [9.17, 15) is 14.4 Å². The number of amides is 4. The third-order valence-electron chi connectivity index (χ3n) is 4.51. The topological polar surface area (TPSA) is 102 Å². The van der Waals surface area contributed by atoms with Gasteiger partial charge < -0.3 is 20.6 Å². The standard InChI is InChI=1S/C15H26N4O4/c1-10(2)11-7-18(4-3-5-20)8-12(11)17-13(21)9-19-14(22)6-16-15(19)23/h10-12,20H,3-9H2,1-2H3,(H,16,23)(H,17,21)/t11-,12+/m1/s1. The summed E-state index contributed by atoms with van der Waals surface area (Å²) in [6.07, 6.45) is 0.716. The van der Waals surface area contributed by atoms with Crippen molar-refractivity contribution in [2.24, 2.45) is 11.8 Å². The Labute approximate surface area is 136 Å². The zero-order valence-corrected chi connectivity index (χ0v) is 13.7. The molecule has 0 saturated carbocycles. The normalized spacial score (nSPS) is 25.3. The molecule has 0 radical (unpaired) electrons.